The fourth-order valence-electron chi connectivity index (χ4n) is 3.49. The number of fused-ring (bicyclic) bond motifs is 1. The first kappa shape index (κ1) is 18.2. The molecule has 3 aromatic rings. The van der Waals surface area contributed by atoms with E-state index in [9.17, 15) is 9.59 Å². The van der Waals surface area contributed by atoms with Gasteiger partial charge in [-0.1, -0.05) is 36.4 Å². The van der Waals surface area contributed by atoms with E-state index in [2.05, 4.69) is 17.1 Å². The van der Waals surface area contributed by atoms with Crippen molar-refractivity contribution in [2.24, 2.45) is 0 Å². The van der Waals surface area contributed by atoms with Crippen LogP contribution in [-0.2, 0) is 37.1 Å². The lowest BCUT2D eigenvalue weighted by atomic mass is 10.1. The van der Waals surface area contributed by atoms with Gasteiger partial charge in [0.1, 0.15) is 11.5 Å². The Kier molecular flexibility index (Phi) is 5.37. The molecule has 28 heavy (non-hydrogen) atoms. The number of nitrogens with zero attached hydrogens (tertiary/aromatic N) is 3. The fourth-order valence-corrected chi connectivity index (χ4v) is 3.49. The zero-order valence-electron chi connectivity index (χ0n) is 15.7. The summed E-state index contributed by atoms with van der Waals surface area (Å²) in [6, 6.07) is 15.3. The van der Waals surface area contributed by atoms with Crippen molar-refractivity contribution in [2.75, 3.05) is 6.54 Å². The Bertz CT molecular complexity index is 1010. The SMILES string of the molecule is O=C(CCn1ccccc1=O)N1CCc2oc(CCc3ccccc3)nc2C1. The molecule has 0 saturated carbocycles. The average Bonchev–Trinajstić information content (AvgIpc) is 3.14. The zero-order valence-corrected chi connectivity index (χ0v) is 15.7. The number of aryl methyl sites for hydroxylation is 3. The summed E-state index contributed by atoms with van der Waals surface area (Å²) in [5, 5.41) is 0. The van der Waals surface area contributed by atoms with E-state index in [-0.39, 0.29) is 11.5 Å². The summed E-state index contributed by atoms with van der Waals surface area (Å²) < 4.78 is 7.47. The minimum Gasteiger partial charge on any atom is -0.445 e. The Balaban J connectivity index is 1.34. The van der Waals surface area contributed by atoms with Crippen LogP contribution in [0.15, 0.2) is 63.9 Å². The Morgan fingerprint density at radius 3 is 2.71 bits per heavy atom. The molecule has 1 aromatic carbocycles. The van der Waals surface area contributed by atoms with Crippen LogP contribution >= 0.6 is 0 Å². The first-order valence-corrected chi connectivity index (χ1v) is 9.63. The number of benzene rings is 1. The van der Waals surface area contributed by atoms with Crippen molar-refractivity contribution in [3.63, 3.8) is 0 Å². The molecular formula is C22H23N3O3. The smallest absolute Gasteiger partial charge is 0.250 e. The van der Waals surface area contributed by atoms with Crippen LogP contribution in [0.5, 0.6) is 0 Å². The van der Waals surface area contributed by atoms with Gasteiger partial charge in [-0.25, -0.2) is 4.98 Å². The van der Waals surface area contributed by atoms with Gasteiger partial charge in [0.2, 0.25) is 5.91 Å². The molecule has 3 heterocycles. The maximum atomic E-state index is 12.6. The largest absolute Gasteiger partial charge is 0.445 e. The number of carbonyl (C=O) groups is 1. The summed E-state index contributed by atoms with van der Waals surface area (Å²) in [5.41, 5.74) is 2.03. The maximum absolute atomic E-state index is 12.6. The second-order valence-electron chi connectivity index (χ2n) is 7.01. The van der Waals surface area contributed by atoms with Crippen LogP contribution in [0.1, 0.15) is 29.3 Å². The molecule has 1 amide bonds. The van der Waals surface area contributed by atoms with E-state index in [0.717, 1.165) is 30.2 Å². The highest BCUT2D eigenvalue weighted by molar-refractivity contribution is 5.76. The molecule has 0 radical (unpaired) electrons. The molecule has 144 valence electrons. The lowest BCUT2D eigenvalue weighted by Crippen LogP contribution is -2.36. The number of oxazole rings is 1. The second-order valence-corrected chi connectivity index (χ2v) is 7.01. The first-order valence-electron chi connectivity index (χ1n) is 9.63. The van der Waals surface area contributed by atoms with E-state index in [0.29, 0.717) is 32.5 Å². The minimum absolute atomic E-state index is 0.0373. The Morgan fingerprint density at radius 1 is 1.07 bits per heavy atom. The van der Waals surface area contributed by atoms with Gasteiger partial charge in [0, 0.05) is 44.6 Å². The van der Waals surface area contributed by atoms with Crippen LogP contribution in [0.4, 0.5) is 0 Å². The number of amides is 1. The predicted octanol–water partition coefficient (Wildman–Crippen LogP) is 2.60. The van der Waals surface area contributed by atoms with E-state index in [1.807, 2.05) is 18.2 Å². The Morgan fingerprint density at radius 2 is 1.89 bits per heavy atom. The highest BCUT2D eigenvalue weighted by atomic mass is 16.4. The van der Waals surface area contributed by atoms with Gasteiger partial charge in [-0.15, -0.1) is 0 Å². The molecule has 0 aliphatic carbocycles. The third kappa shape index (κ3) is 4.22. The van der Waals surface area contributed by atoms with Crippen molar-refractivity contribution in [3.05, 3.63) is 88.0 Å². The van der Waals surface area contributed by atoms with Crippen LogP contribution in [-0.4, -0.2) is 26.9 Å². The van der Waals surface area contributed by atoms with Crippen LogP contribution in [0.2, 0.25) is 0 Å². The number of aromatic nitrogens is 2. The number of hydrogen-bond acceptors (Lipinski definition) is 4. The zero-order chi connectivity index (χ0) is 19.3. The maximum Gasteiger partial charge on any atom is 0.250 e. The van der Waals surface area contributed by atoms with E-state index >= 15 is 0 Å². The minimum atomic E-state index is -0.0872. The van der Waals surface area contributed by atoms with Gasteiger partial charge in [-0.2, -0.15) is 0 Å². The van der Waals surface area contributed by atoms with Crippen LogP contribution in [0.3, 0.4) is 0 Å². The summed E-state index contributed by atoms with van der Waals surface area (Å²) >= 11 is 0. The number of hydrogen-bond donors (Lipinski definition) is 0. The van der Waals surface area contributed by atoms with Crippen molar-refractivity contribution in [2.45, 2.75) is 38.8 Å². The molecule has 0 bridgehead atoms. The topological polar surface area (TPSA) is 68.3 Å². The molecule has 0 fully saturated rings. The van der Waals surface area contributed by atoms with E-state index in [4.69, 9.17) is 4.42 Å². The van der Waals surface area contributed by atoms with E-state index in [1.165, 1.54) is 11.6 Å². The monoisotopic (exact) mass is 377 g/mol. The van der Waals surface area contributed by atoms with E-state index < -0.39 is 0 Å². The van der Waals surface area contributed by atoms with Gasteiger partial charge in [0.25, 0.3) is 5.56 Å². The highest BCUT2D eigenvalue weighted by Gasteiger charge is 2.25. The molecule has 6 nitrogen and oxygen atoms in total. The van der Waals surface area contributed by atoms with Crippen molar-refractivity contribution < 1.29 is 9.21 Å². The van der Waals surface area contributed by atoms with Crippen molar-refractivity contribution >= 4 is 5.91 Å². The quantitative estimate of drug-likeness (QED) is 0.662. The van der Waals surface area contributed by atoms with Crippen molar-refractivity contribution in [1.29, 1.82) is 0 Å². The normalized spacial score (nSPS) is 13.4. The van der Waals surface area contributed by atoms with Gasteiger partial charge in [0.05, 0.1) is 6.54 Å². The second kappa shape index (κ2) is 8.25. The Labute approximate surface area is 163 Å². The molecule has 0 spiro atoms. The summed E-state index contributed by atoms with van der Waals surface area (Å²) in [6.07, 6.45) is 4.33. The number of rotatable bonds is 6. The first-order chi connectivity index (χ1) is 13.7. The molecule has 0 saturated heterocycles. The molecule has 1 aliphatic rings. The van der Waals surface area contributed by atoms with Gasteiger partial charge < -0.3 is 13.9 Å². The van der Waals surface area contributed by atoms with Gasteiger partial charge in [-0.05, 0) is 18.1 Å². The fraction of sp³-hybridized carbons (Fsp3) is 0.318. The van der Waals surface area contributed by atoms with Gasteiger partial charge >= 0.3 is 0 Å². The molecular weight excluding hydrogens is 354 g/mol. The standard InChI is InChI=1S/C22H23N3O3/c26-21-8-4-5-13-24(21)15-12-22(27)25-14-11-19-18(16-25)23-20(28-19)10-9-17-6-2-1-3-7-17/h1-8,13H,9-12,14-16H2. The van der Waals surface area contributed by atoms with Crippen LogP contribution in [0.25, 0.3) is 0 Å². The summed E-state index contributed by atoms with van der Waals surface area (Å²) in [4.78, 5) is 30.7. The third-order valence-electron chi connectivity index (χ3n) is 5.06. The lowest BCUT2D eigenvalue weighted by molar-refractivity contribution is -0.132. The third-order valence-corrected chi connectivity index (χ3v) is 5.06. The molecule has 2 aromatic heterocycles. The predicted molar refractivity (Wildman–Crippen MR) is 105 cm³/mol. The number of pyridine rings is 1. The summed E-state index contributed by atoms with van der Waals surface area (Å²) in [6.45, 7) is 1.50. The van der Waals surface area contributed by atoms with Crippen molar-refractivity contribution in [3.8, 4) is 0 Å². The molecule has 0 unspecified atom stereocenters. The average molecular weight is 377 g/mol. The molecule has 1 aliphatic heterocycles. The molecule has 6 heteroatoms. The summed E-state index contributed by atoms with van der Waals surface area (Å²) in [5.74, 6) is 1.67. The number of carbonyl (C=O) groups excluding carboxylic acids is 1. The summed E-state index contributed by atoms with van der Waals surface area (Å²) in [7, 11) is 0. The van der Waals surface area contributed by atoms with E-state index in [1.54, 1.807) is 27.8 Å². The van der Waals surface area contributed by atoms with Gasteiger partial charge in [-0.3, -0.25) is 9.59 Å². The Hall–Kier alpha value is -3.15. The van der Waals surface area contributed by atoms with Crippen LogP contribution in [0, 0.1) is 0 Å². The van der Waals surface area contributed by atoms with Gasteiger partial charge in [0.15, 0.2) is 5.89 Å². The lowest BCUT2D eigenvalue weighted by Gasteiger charge is -2.25. The highest BCUT2D eigenvalue weighted by Crippen LogP contribution is 2.21. The molecule has 4 rings (SSSR count). The van der Waals surface area contributed by atoms with Crippen LogP contribution < -0.4 is 5.56 Å². The molecule has 0 N–H and O–H groups in total. The van der Waals surface area contributed by atoms with Crippen molar-refractivity contribution in [1.82, 2.24) is 14.5 Å². The molecule has 0 atom stereocenters.